The van der Waals surface area contributed by atoms with Crippen molar-refractivity contribution >= 4 is 7.28 Å². The Kier molecular flexibility index (Phi) is 1.77. The van der Waals surface area contributed by atoms with Crippen LogP contribution in [-0.4, -0.2) is 7.28 Å². The third-order valence-electron chi connectivity index (χ3n) is 0.333. The zero-order valence-electron chi connectivity index (χ0n) is 4.15. The minimum Gasteiger partial charge on any atom is -0.0920 e. The van der Waals surface area contributed by atoms with Crippen LogP contribution >= 0.6 is 0 Å². The van der Waals surface area contributed by atoms with E-state index in [-0.39, 0.29) is 6.30 Å². The Balaban J connectivity index is 2.54. The van der Waals surface area contributed by atoms with E-state index in [2.05, 4.69) is 0 Å². The summed E-state index contributed by atoms with van der Waals surface area (Å²) in [6.45, 7) is 3.72. The second-order valence-corrected chi connectivity index (χ2v) is 0.667. The fourth-order valence-electron chi connectivity index (χ4n) is 0. The van der Waals surface area contributed by atoms with E-state index in [9.17, 15) is 0 Å². The molecule has 1 atom stereocenters. The molecule has 23 valence electrons. The molecule has 0 aromatic carbocycles. The van der Waals surface area contributed by atoms with Gasteiger partial charge in [0.05, 0.1) is 0 Å². The molecule has 0 rings (SSSR count). The molecule has 0 nitrogen and oxygen atoms in total. The van der Waals surface area contributed by atoms with E-state index in [1.807, 2.05) is 21.0 Å². The first kappa shape index (κ1) is 2.31. The highest BCUT2D eigenvalue weighted by molar-refractivity contribution is 6.33. The first-order valence-electron chi connectivity index (χ1n) is 2.07. The van der Waals surface area contributed by atoms with Gasteiger partial charge in [0, 0.05) is 1.37 Å². The SMILES string of the molecule is [1H][13CH](C)[B]C. The number of rotatable bonds is 1. The predicted molar refractivity (Wildman–Crippen MR) is 22.1 cm³/mol. The summed E-state index contributed by atoms with van der Waals surface area (Å²) in [6.07, 6.45) is 0.00926. The summed E-state index contributed by atoms with van der Waals surface area (Å²) in [5.41, 5.74) is 0. The molecule has 0 N–H and O–H groups in total. The standard InChI is InChI=1S/C3H8B/c1-3-4-2/h3H2,1-2H3/i3+1H. The largest absolute Gasteiger partial charge is 0.105 e. The van der Waals surface area contributed by atoms with E-state index >= 15 is 0 Å². The molecule has 4 heavy (non-hydrogen) atoms. The average Bonchev–Trinajstić information content (AvgIpc) is 1.38. The van der Waals surface area contributed by atoms with Gasteiger partial charge in [0.15, 0.2) is 0 Å². The van der Waals surface area contributed by atoms with Gasteiger partial charge in [0.25, 0.3) is 0 Å². The summed E-state index contributed by atoms with van der Waals surface area (Å²) in [5, 5.41) is 0. The molecule has 0 aliphatic rings. The Labute approximate surface area is 29.9 Å². The van der Waals surface area contributed by atoms with Crippen LogP contribution in [0.1, 0.15) is 8.29 Å². The van der Waals surface area contributed by atoms with Crippen LogP contribution in [0.3, 0.4) is 0 Å². The van der Waals surface area contributed by atoms with Gasteiger partial charge < -0.3 is 0 Å². The van der Waals surface area contributed by atoms with Gasteiger partial charge in [-0.15, -0.1) is 0 Å². The fourth-order valence-corrected chi connectivity index (χ4v) is 0. The normalized spacial score (nSPS) is 18.0. The predicted octanol–water partition coefficient (Wildman–Crippen LogP) is 1.18. The van der Waals surface area contributed by atoms with E-state index in [1.165, 1.54) is 0 Å². The molecule has 0 aromatic heterocycles. The van der Waals surface area contributed by atoms with Crippen LogP contribution in [0.4, 0.5) is 0 Å². The van der Waals surface area contributed by atoms with E-state index < -0.39 is 0 Å². The summed E-state index contributed by atoms with van der Waals surface area (Å²) in [7, 11) is 1.83. The molecular weight excluding hydrogens is 47.8 g/mol. The Hall–Kier alpha value is 0.0649. The maximum Gasteiger partial charge on any atom is 0.105 e. The molecule has 1 unspecified atom stereocenters. The smallest absolute Gasteiger partial charge is 0.0920 e. The molecule has 0 aliphatic carbocycles. The topological polar surface area (TPSA) is 0 Å². The second kappa shape index (κ2) is 3.06. The number of hydrogen-bond acceptors (Lipinski definition) is 0. The van der Waals surface area contributed by atoms with Crippen molar-refractivity contribution in [3.63, 3.8) is 0 Å². The lowest BCUT2D eigenvalue weighted by atomic mass is 9.94. The van der Waals surface area contributed by atoms with Crippen molar-refractivity contribution in [3.05, 3.63) is 0 Å². The zero-order valence-corrected chi connectivity index (χ0v) is 3.15. The van der Waals surface area contributed by atoms with Crippen molar-refractivity contribution in [2.45, 2.75) is 20.0 Å². The minimum absolute atomic E-state index is 0.00926. The van der Waals surface area contributed by atoms with Crippen LogP contribution in [0.2, 0.25) is 13.1 Å². The molecule has 0 aliphatic heterocycles. The third kappa shape index (κ3) is 2.06. The molecule has 0 saturated heterocycles. The van der Waals surface area contributed by atoms with Crippen molar-refractivity contribution in [2.24, 2.45) is 0 Å². The molecule has 0 amide bonds. The van der Waals surface area contributed by atoms with Crippen molar-refractivity contribution in [1.29, 1.82) is 0 Å². The average molecular weight is 55.9 g/mol. The van der Waals surface area contributed by atoms with Crippen molar-refractivity contribution < 1.29 is 1.37 Å². The van der Waals surface area contributed by atoms with E-state index in [1.54, 1.807) is 0 Å². The van der Waals surface area contributed by atoms with Gasteiger partial charge in [0.2, 0.25) is 0 Å². The molecule has 1 heteroatoms. The van der Waals surface area contributed by atoms with Gasteiger partial charge in [-0.25, -0.2) is 0 Å². The molecule has 0 bridgehead atoms. The molecule has 0 aromatic rings. The Morgan fingerprint density at radius 1 is 2.25 bits per heavy atom. The lowest BCUT2D eigenvalue weighted by molar-refractivity contribution is 1.45. The number of hydrogen-bond donors (Lipinski definition) is 0. The Bertz CT molecular complexity index is 20.9. The highest BCUT2D eigenvalue weighted by Gasteiger charge is 1.61. The molecule has 0 spiro atoms. The fraction of sp³-hybridized carbons (Fsp3) is 1.00. The van der Waals surface area contributed by atoms with Gasteiger partial charge in [-0.05, 0) is 0 Å². The van der Waals surface area contributed by atoms with Crippen LogP contribution in [0.5, 0.6) is 0 Å². The van der Waals surface area contributed by atoms with E-state index in [4.69, 9.17) is 1.37 Å². The van der Waals surface area contributed by atoms with Gasteiger partial charge in [-0.1, -0.05) is 20.0 Å². The summed E-state index contributed by atoms with van der Waals surface area (Å²) in [5.74, 6) is 0. The summed E-state index contributed by atoms with van der Waals surface area (Å²) >= 11 is 0. The van der Waals surface area contributed by atoms with Crippen LogP contribution in [-0.2, 0) is 0 Å². The van der Waals surface area contributed by atoms with Gasteiger partial charge in [-0.3, -0.25) is 0 Å². The first-order valence-corrected chi connectivity index (χ1v) is 1.49. The summed E-state index contributed by atoms with van der Waals surface area (Å²) in [4.78, 5) is 0. The highest BCUT2D eigenvalue weighted by Crippen LogP contribution is 1.64. The van der Waals surface area contributed by atoms with Crippen molar-refractivity contribution in [2.75, 3.05) is 0 Å². The van der Waals surface area contributed by atoms with Crippen LogP contribution in [0.15, 0.2) is 0 Å². The van der Waals surface area contributed by atoms with Crippen molar-refractivity contribution in [3.8, 4) is 0 Å². The lowest BCUT2D eigenvalue weighted by Crippen LogP contribution is -1.67. The Morgan fingerprint density at radius 2 is 2.50 bits per heavy atom. The van der Waals surface area contributed by atoms with Crippen LogP contribution in [0.25, 0.3) is 0 Å². The van der Waals surface area contributed by atoms with Crippen LogP contribution < -0.4 is 0 Å². The molecular formula is C3H8B. The van der Waals surface area contributed by atoms with Crippen LogP contribution in [0, 0.1) is 0 Å². The molecule has 0 saturated carbocycles. The molecule has 0 heterocycles. The molecule has 0 fully saturated rings. The summed E-state index contributed by atoms with van der Waals surface area (Å²) < 4.78 is 6.77. The second-order valence-electron chi connectivity index (χ2n) is 0.667. The summed E-state index contributed by atoms with van der Waals surface area (Å²) in [6, 6.07) is 0. The van der Waals surface area contributed by atoms with Gasteiger partial charge in [-0.2, -0.15) is 0 Å². The maximum absolute atomic E-state index is 6.77. The highest BCUT2D eigenvalue weighted by atomic mass is 13.9. The zero-order chi connectivity index (χ0) is 4.28. The first-order chi connectivity index (χ1) is 2.27. The quantitative estimate of drug-likeness (QED) is 0.312. The van der Waals surface area contributed by atoms with E-state index in [0.717, 1.165) is 0 Å². The van der Waals surface area contributed by atoms with Crippen molar-refractivity contribution in [1.82, 2.24) is 0 Å². The van der Waals surface area contributed by atoms with Gasteiger partial charge in [0.1, 0.15) is 7.28 Å². The minimum atomic E-state index is 0.00926. The maximum atomic E-state index is 6.77. The third-order valence-corrected chi connectivity index (χ3v) is 0.333. The lowest BCUT2D eigenvalue weighted by Gasteiger charge is -1.64. The van der Waals surface area contributed by atoms with Gasteiger partial charge >= 0.3 is 0 Å². The Morgan fingerprint density at radius 3 is 2.50 bits per heavy atom. The molecule has 1 radical (unpaired) electrons. The monoisotopic (exact) mass is 56.1 g/mol. The van der Waals surface area contributed by atoms with E-state index in [0.29, 0.717) is 0 Å².